The maximum atomic E-state index is 12.6. The van der Waals surface area contributed by atoms with Crippen LogP contribution >= 0.6 is 12.2 Å². The number of rotatable bonds is 5. The second kappa shape index (κ2) is 8.01. The average molecular weight is 398 g/mol. The van der Waals surface area contributed by atoms with Crippen molar-refractivity contribution >= 4 is 24.3 Å². The molecular weight excluding hydrogens is 380 g/mol. The van der Waals surface area contributed by atoms with E-state index < -0.39 is 5.91 Å². The lowest BCUT2D eigenvalue weighted by atomic mass is 10.3. The Morgan fingerprint density at radius 1 is 1.25 bits per heavy atom. The quantitative estimate of drug-likeness (QED) is 0.337. The molecule has 0 aliphatic rings. The molecule has 0 atom stereocenters. The molecule has 0 saturated heterocycles. The zero-order chi connectivity index (χ0) is 20.3. The van der Waals surface area contributed by atoms with Gasteiger partial charge in [-0.1, -0.05) is 18.2 Å². The van der Waals surface area contributed by atoms with Gasteiger partial charge >= 0.3 is 0 Å². The van der Waals surface area contributed by atoms with Gasteiger partial charge in [0.25, 0.3) is 11.1 Å². The van der Waals surface area contributed by atoms with Gasteiger partial charge in [0.2, 0.25) is 5.91 Å². The number of hydrazone groups is 1. The predicted molar refractivity (Wildman–Crippen MR) is 107 cm³/mol. The van der Waals surface area contributed by atoms with E-state index in [1.54, 1.807) is 18.7 Å². The van der Waals surface area contributed by atoms with Crippen LogP contribution in [-0.4, -0.2) is 31.5 Å². The number of hydrogen-bond acceptors (Lipinski definition) is 5. The summed E-state index contributed by atoms with van der Waals surface area (Å²) >= 11 is 4.87. The average Bonchev–Trinajstić information content (AvgIpc) is 2.85. The molecule has 0 aliphatic carbocycles. The number of carbonyl (C=O) groups excluding carboxylic acids is 1. The lowest BCUT2D eigenvalue weighted by Crippen LogP contribution is -2.22. The minimum atomic E-state index is -0.433. The minimum absolute atomic E-state index is 0.0894. The van der Waals surface area contributed by atoms with Crippen LogP contribution in [0.25, 0.3) is 5.69 Å². The van der Waals surface area contributed by atoms with Crippen LogP contribution in [0, 0.1) is 11.7 Å². The molecule has 0 saturated carbocycles. The molecule has 28 heavy (non-hydrogen) atoms. The van der Waals surface area contributed by atoms with Crippen LogP contribution < -0.4 is 16.5 Å². The van der Waals surface area contributed by atoms with Crippen molar-refractivity contribution in [3.05, 3.63) is 78.8 Å². The highest BCUT2D eigenvalue weighted by Gasteiger charge is 2.14. The van der Waals surface area contributed by atoms with Crippen LogP contribution in [-0.2, 0) is 18.3 Å². The molecule has 0 radical (unpaired) electrons. The Balaban J connectivity index is 1.78. The van der Waals surface area contributed by atoms with Crippen LogP contribution in [0.5, 0.6) is 0 Å². The first-order chi connectivity index (χ1) is 13.4. The van der Waals surface area contributed by atoms with Gasteiger partial charge in [-0.25, -0.2) is 10.1 Å². The number of H-pyrrole nitrogens is 2. The third-order valence-corrected chi connectivity index (χ3v) is 4.29. The summed E-state index contributed by atoms with van der Waals surface area (Å²) in [7, 11) is 1.74. The molecule has 2 aromatic heterocycles. The summed E-state index contributed by atoms with van der Waals surface area (Å²) in [4.78, 5) is 41.1. The molecule has 3 N–H and O–H groups in total. The Kier molecular flexibility index (Phi) is 5.50. The van der Waals surface area contributed by atoms with E-state index in [2.05, 4.69) is 20.5 Å². The molecule has 0 fully saturated rings. The summed E-state index contributed by atoms with van der Waals surface area (Å²) in [6.07, 6.45) is 1.32. The van der Waals surface area contributed by atoms with Crippen LogP contribution in [0.2, 0.25) is 0 Å². The van der Waals surface area contributed by atoms with Crippen molar-refractivity contribution in [3.8, 4) is 5.69 Å². The maximum Gasteiger partial charge on any atom is 0.274 e. The second-order valence-corrected chi connectivity index (χ2v) is 6.48. The second-order valence-electron chi connectivity index (χ2n) is 6.07. The smallest absolute Gasteiger partial charge is 0.274 e. The van der Waals surface area contributed by atoms with Crippen molar-refractivity contribution in [2.75, 3.05) is 0 Å². The van der Waals surface area contributed by atoms with E-state index in [1.807, 2.05) is 30.3 Å². The van der Waals surface area contributed by atoms with E-state index in [0.29, 0.717) is 17.0 Å². The van der Waals surface area contributed by atoms with Gasteiger partial charge in [0, 0.05) is 24.4 Å². The molecule has 0 unspecified atom stereocenters. The normalized spacial score (nSPS) is 11.1. The fraction of sp³-hybridized carbons (Fsp3) is 0.167. The molecule has 3 rings (SSSR count). The zero-order valence-corrected chi connectivity index (χ0v) is 16.0. The lowest BCUT2D eigenvalue weighted by Gasteiger charge is -2.08. The van der Waals surface area contributed by atoms with E-state index >= 15 is 0 Å². The first kappa shape index (κ1) is 19.2. The molecule has 1 aromatic carbocycles. The van der Waals surface area contributed by atoms with E-state index in [4.69, 9.17) is 12.2 Å². The Bertz CT molecular complexity index is 1190. The minimum Gasteiger partial charge on any atom is -0.335 e. The Morgan fingerprint density at radius 3 is 2.64 bits per heavy atom. The number of aromatic nitrogens is 4. The summed E-state index contributed by atoms with van der Waals surface area (Å²) in [6.45, 7) is 1.70. The highest BCUT2D eigenvalue weighted by Crippen LogP contribution is 2.08. The Labute approximate surface area is 164 Å². The zero-order valence-electron chi connectivity index (χ0n) is 15.2. The standard InChI is InChI=1S/C18H18N6O3S/c1-11-14(23(2)24(17(11)27)13-6-4-3-5-7-13)10-19-22-16(26)9-12-8-15(25)21-18(28)20-12/h3-8,10H,9H2,1-2H3,(H,22,26)(H2,20,21,25,28)/b19-10-. The number of nitrogens with one attached hydrogen (secondary N) is 3. The molecule has 144 valence electrons. The highest BCUT2D eigenvalue weighted by molar-refractivity contribution is 7.71. The molecular formula is C18H18N6O3S. The van der Waals surface area contributed by atoms with Gasteiger partial charge < -0.3 is 4.98 Å². The molecule has 9 nitrogen and oxygen atoms in total. The number of para-hydroxylation sites is 1. The first-order valence-corrected chi connectivity index (χ1v) is 8.76. The summed E-state index contributed by atoms with van der Waals surface area (Å²) in [5.74, 6) is -0.433. The molecule has 2 heterocycles. The molecule has 10 heteroatoms. The van der Waals surface area contributed by atoms with Crippen LogP contribution in [0.1, 0.15) is 17.0 Å². The number of benzene rings is 1. The summed E-state index contributed by atoms with van der Waals surface area (Å²) in [6, 6.07) is 10.5. The number of hydrogen-bond donors (Lipinski definition) is 3. The maximum absolute atomic E-state index is 12.6. The fourth-order valence-corrected chi connectivity index (χ4v) is 3.02. The summed E-state index contributed by atoms with van der Waals surface area (Å²) in [5.41, 5.74) is 3.99. The number of carbonyl (C=O) groups is 1. The Hall–Kier alpha value is -3.53. The lowest BCUT2D eigenvalue weighted by molar-refractivity contribution is -0.120. The van der Waals surface area contributed by atoms with Crippen molar-refractivity contribution in [1.82, 2.24) is 24.8 Å². The summed E-state index contributed by atoms with van der Waals surface area (Å²) in [5, 5.41) is 3.93. The van der Waals surface area contributed by atoms with Crippen molar-refractivity contribution < 1.29 is 4.79 Å². The molecule has 0 bridgehead atoms. The van der Waals surface area contributed by atoms with Gasteiger partial charge in [-0.05, 0) is 31.3 Å². The molecule has 0 spiro atoms. The molecule has 3 aromatic rings. The van der Waals surface area contributed by atoms with Crippen molar-refractivity contribution in [3.63, 3.8) is 0 Å². The topological polar surface area (TPSA) is 117 Å². The van der Waals surface area contributed by atoms with Crippen LogP contribution in [0.4, 0.5) is 0 Å². The van der Waals surface area contributed by atoms with E-state index in [0.717, 1.165) is 5.69 Å². The fourth-order valence-electron chi connectivity index (χ4n) is 2.79. The van der Waals surface area contributed by atoms with Gasteiger partial charge in [-0.15, -0.1) is 0 Å². The van der Waals surface area contributed by atoms with E-state index in [1.165, 1.54) is 17.0 Å². The van der Waals surface area contributed by atoms with Gasteiger partial charge in [0.1, 0.15) is 0 Å². The summed E-state index contributed by atoms with van der Waals surface area (Å²) < 4.78 is 3.33. The van der Waals surface area contributed by atoms with E-state index in [-0.39, 0.29) is 22.3 Å². The van der Waals surface area contributed by atoms with Gasteiger partial charge in [0.15, 0.2) is 4.77 Å². The van der Waals surface area contributed by atoms with Gasteiger partial charge in [-0.2, -0.15) is 5.10 Å². The van der Waals surface area contributed by atoms with E-state index in [9.17, 15) is 14.4 Å². The van der Waals surface area contributed by atoms with Crippen molar-refractivity contribution in [1.29, 1.82) is 0 Å². The largest absolute Gasteiger partial charge is 0.335 e. The van der Waals surface area contributed by atoms with Gasteiger partial charge in [0.05, 0.1) is 24.0 Å². The van der Waals surface area contributed by atoms with Crippen molar-refractivity contribution in [2.45, 2.75) is 13.3 Å². The monoisotopic (exact) mass is 398 g/mol. The Morgan fingerprint density at radius 2 is 1.96 bits per heavy atom. The third kappa shape index (κ3) is 4.07. The van der Waals surface area contributed by atoms with Crippen molar-refractivity contribution in [2.24, 2.45) is 12.1 Å². The molecule has 0 aliphatic heterocycles. The third-order valence-electron chi connectivity index (χ3n) is 4.09. The highest BCUT2D eigenvalue weighted by atomic mass is 32.1. The predicted octanol–water partition coefficient (Wildman–Crippen LogP) is 0.923. The molecule has 1 amide bonds. The number of amides is 1. The number of aromatic amines is 2. The number of nitrogens with zero attached hydrogens (tertiary/aromatic N) is 3. The van der Waals surface area contributed by atoms with Crippen LogP contribution in [0.3, 0.4) is 0 Å². The first-order valence-electron chi connectivity index (χ1n) is 8.35. The SMILES string of the molecule is Cc1c(/C=N\NC(=O)Cc2cc(=O)[nH]c(=S)[nH]2)n(C)n(-c2ccccc2)c1=O. The van der Waals surface area contributed by atoms with Crippen LogP contribution in [0.15, 0.2) is 51.1 Å². The van der Waals surface area contributed by atoms with Gasteiger partial charge in [-0.3, -0.25) is 24.0 Å².